The molecule has 0 unspecified atom stereocenters. The van der Waals surface area contributed by atoms with Gasteiger partial charge in [-0.1, -0.05) is 27.7 Å². The maximum Gasteiger partial charge on any atom is 0.198 e. The van der Waals surface area contributed by atoms with Crippen LogP contribution in [0.4, 0.5) is 0 Å². The van der Waals surface area contributed by atoms with Crippen molar-refractivity contribution in [3.63, 3.8) is 0 Å². The van der Waals surface area contributed by atoms with Crippen LogP contribution in [0.1, 0.15) is 27.7 Å². The van der Waals surface area contributed by atoms with Gasteiger partial charge in [0.1, 0.15) is 0 Å². The fourth-order valence-corrected chi connectivity index (χ4v) is 3.02. The molecule has 72 valence electrons. The molecule has 0 aromatic carbocycles. The smallest absolute Gasteiger partial charge is 0.198 e. The second kappa shape index (κ2) is 3.94. The lowest BCUT2D eigenvalue weighted by Crippen LogP contribution is -2.24. The molecule has 0 aliphatic heterocycles. The van der Waals surface area contributed by atoms with Gasteiger partial charge in [-0.15, -0.1) is 0 Å². The van der Waals surface area contributed by atoms with E-state index in [4.69, 9.17) is 11.5 Å². The zero-order valence-electron chi connectivity index (χ0n) is 8.11. The van der Waals surface area contributed by atoms with Crippen molar-refractivity contribution in [2.24, 2.45) is 16.2 Å². The Kier molecular flexibility index (Phi) is 3.78. The van der Waals surface area contributed by atoms with Gasteiger partial charge in [0.15, 0.2) is 13.3 Å². The summed E-state index contributed by atoms with van der Waals surface area (Å²) in [5.74, 6) is -0.0827. The summed E-state index contributed by atoms with van der Waals surface area (Å²) in [6.07, 6.45) is 0. The molecule has 12 heavy (non-hydrogen) atoms. The summed E-state index contributed by atoms with van der Waals surface area (Å²) < 4.78 is 15.9. The van der Waals surface area contributed by atoms with Gasteiger partial charge < -0.3 is 11.5 Å². The molecule has 5 heteroatoms. The first-order valence-electron chi connectivity index (χ1n) is 4.01. The summed E-state index contributed by atoms with van der Waals surface area (Å²) in [5, 5.41) is 0. The van der Waals surface area contributed by atoms with E-state index < -0.39 is 7.29 Å². The van der Waals surface area contributed by atoms with Gasteiger partial charge in [0.2, 0.25) is 0 Å². The highest BCUT2D eigenvalue weighted by Crippen LogP contribution is 2.56. The molecule has 0 aliphatic carbocycles. The summed E-state index contributed by atoms with van der Waals surface area (Å²) in [7, 11) is -2.58. The summed E-state index contributed by atoms with van der Waals surface area (Å²) >= 11 is 0. The molecule has 0 fully saturated rings. The predicted molar refractivity (Wildman–Crippen MR) is 53.7 cm³/mol. The average molecular weight is 191 g/mol. The number of hydrogen-bond donors (Lipinski definition) is 2. The van der Waals surface area contributed by atoms with Crippen LogP contribution in [0, 0.1) is 0 Å². The van der Waals surface area contributed by atoms with Crippen molar-refractivity contribution < 1.29 is 4.57 Å². The van der Waals surface area contributed by atoms with Gasteiger partial charge in [-0.3, -0.25) is 4.57 Å². The molecular formula is C7H18N3OP. The fourth-order valence-electron chi connectivity index (χ4n) is 1.01. The molecule has 0 aromatic heterocycles. The lowest BCUT2D eigenvalue weighted by Gasteiger charge is -2.21. The van der Waals surface area contributed by atoms with Crippen molar-refractivity contribution in [2.75, 3.05) is 0 Å². The van der Waals surface area contributed by atoms with Crippen LogP contribution in [-0.2, 0) is 4.57 Å². The minimum Gasteiger partial charge on any atom is -0.370 e. The lowest BCUT2D eigenvalue weighted by atomic mass is 10.5. The van der Waals surface area contributed by atoms with E-state index in [0.29, 0.717) is 0 Å². The molecule has 4 N–H and O–H groups in total. The minimum absolute atomic E-state index is 0.000370. The van der Waals surface area contributed by atoms with Crippen molar-refractivity contribution in [1.29, 1.82) is 0 Å². The van der Waals surface area contributed by atoms with Gasteiger partial charge in [0.25, 0.3) is 0 Å². The molecule has 0 aliphatic rings. The number of rotatable bonds is 3. The second-order valence-electron chi connectivity index (χ2n) is 3.38. The molecule has 0 heterocycles. The van der Waals surface area contributed by atoms with Crippen LogP contribution in [0.15, 0.2) is 4.76 Å². The highest BCUT2D eigenvalue weighted by Gasteiger charge is 2.29. The number of nitrogens with zero attached hydrogens (tertiary/aromatic N) is 1. The van der Waals surface area contributed by atoms with Crippen molar-refractivity contribution in [3.8, 4) is 0 Å². The van der Waals surface area contributed by atoms with E-state index in [1.54, 1.807) is 0 Å². The Hall–Kier alpha value is -0.500. The summed E-state index contributed by atoms with van der Waals surface area (Å²) in [6, 6.07) is 0. The van der Waals surface area contributed by atoms with Gasteiger partial charge >= 0.3 is 0 Å². The predicted octanol–water partition coefficient (Wildman–Crippen LogP) is 1.35. The maximum absolute atomic E-state index is 12.1. The zero-order valence-corrected chi connectivity index (χ0v) is 9.01. The summed E-state index contributed by atoms with van der Waals surface area (Å²) in [5.41, 5.74) is 10.4. The first kappa shape index (κ1) is 11.5. The molecular weight excluding hydrogens is 173 g/mol. The van der Waals surface area contributed by atoms with E-state index in [9.17, 15) is 4.57 Å². The van der Waals surface area contributed by atoms with Gasteiger partial charge in [-0.05, 0) is 0 Å². The molecule has 0 spiro atoms. The minimum atomic E-state index is -2.58. The molecule has 4 nitrogen and oxygen atoms in total. The monoisotopic (exact) mass is 191 g/mol. The van der Waals surface area contributed by atoms with E-state index in [2.05, 4.69) is 4.76 Å². The topological polar surface area (TPSA) is 81.5 Å². The van der Waals surface area contributed by atoms with E-state index in [0.717, 1.165) is 0 Å². The number of nitrogens with two attached hydrogens (primary N) is 2. The molecule has 0 rings (SSSR count). The second-order valence-corrected chi connectivity index (χ2v) is 7.00. The molecule has 0 saturated carbocycles. The Balaban J connectivity index is 4.90. The van der Waals surface area contributed by atoms with Crippen molar-refractivity contribution in [1.82, 2.24) is 0 Å². The van der Waals surface area contributed by atoms with Crippen LogP contribution in [-0.4, -0.2) is 17.3 Å². The molecule has 0 bridgehead atoms. The Bertz CT molecular complexity index is 207. The lowest BCUT2D eigenvalue weighted by molar-refractivity contribution is 0.562. The molecule has 0 aromatic rings. The molecule has 0 radical (unpaired) electrons. The van der Waals surface area contributed by atoms with E-state index >= 15 is 0 Å². The van der Waals surface area contributed by atoms with Crippen LogP contribution in [0.25, 0.3) is 0 Å². The fraction of sp³-hybridized carbons (Fsp3) is 0.857. The van der Waals surface area contributed by atoms with Gasteiger partial charge in [0.05, 0.1) is 0 Å². The third-order valence-corrected chi connectivity index (χ3v) is 5.25. The first-order chi connectivity index (χ1) is 5.30. The van der Waals surface area contributed by atoms with Crippen LogP contribution in [0.3, 0.4) is 0 Å². The van der Waals surface area contributed by atoms with E-state index in [1.165, 1.54) is 0 Å². The highest BCUT2D eigenvalue weighted by molar-refractivity contribution is 7.64. The van der Waals surface area contributed by atoms with Crippen LogP contribution < -0.4 is 11.5 Å². The normalized spacial score (nSPS) is 12.2. The average Bonchev–Trinajstić information content (AvgIpc) is 1.84. The number of hydrogen-bond acceptors (Lipinski definition) is 1. The third kappa shape index (κ3) is 2.52. The van der Waals surface area contributed by atoms with Crippen molar-refractivity contribution in [3.05, 3.63) is 0 Å². The quantitative estimate of drug-likeness (QED) is 0.401. The van der Waals surface area contributed by atoms with Crippen molar-refractivity contribution >= 4 is 13.3 Å². The van der Waals surface area contributed by atoms with Crippen LogP contribution >= 0.6 is 7.29 Å². The third-order valence-electron chi connectivity index (χ3n) is 1.75. The van der Waals surface area contributed by atoms with Crippen molar-refractivity contribution in [2.45, 2.75) is 39.0 Å². The molecule has 0 atom stereocenters. The Morgan fingerprint density at radius 1 is 1.17 bits per heavy atom. The summed E-state index contributed by atoms with van der Waals surface area (Å²) in [6.45, 7) is 7.47. The SMILES string of the molecule is CC(C)P(=O)(N=C(N)N)C(C)C. The van der Waals surface area contributed by atoms with E-state index in [-0.39, 0.29) is 17.3 Å². The standard InChI is InChI=1S/C7H18N3OP/c1-5(2)12(11,6(3)4)10-7(8)9/h5-6H,1-4H3,(H4,8,9,10,11). The van der Waals surface area contributed by atoms with Gasteiger partial charge in [-0.25, -0.2) is 0 Å². The first-order valence-corrected chi connectivity index (χ1v) is 5.81. The Morgan fingerprint density at radius 3 is 1.58 bits per heavy atom. The zero-order chi connectivity index (χ0) is 9.94. The Morgan fingerprint density at radius 2 is 1.50 bits per heavy atom. The largest absolute Gasteiger partial charge is 0.370 e. The maximum atomic E-state index is 12.1. The Labute approximate surface area is 73.8 Å². The highest BCUT2D eigenvalue weighted by atomic mass is 31.2. The molecule has 0 saturated heterocycles. The molecule has 0 amide bonds. The van der Waals surface area contributed by atoms with Crippen LogP contribution in [0.2, 0.25) is 0 Å². The van der Waals surface area contributed by atoms with Gasteiger partial charge in [-0.2, -0.15) is 4.76 Å². The van der Waals surface area contributed by atoms with E-state index in [1.807, 2.05) is 27.7 Å². The van der Waals surface area contributed by atoms with Crippen LogP contribution in [0.5, 0.6) is 0 Å². The van der Waals surface area contributed by atoms with Gasteiger partial charge in [0, 0.05) is 11.3 Å². The summed E-state index contributed by atoms with van der Waals surface area (Å²) in [4.78, 5) is 0. The number of guanidine groups is 1.